The first-order valence-electron chi connectivity index (χ1n) is 9.21. The van der Waals surface area contributed by atoms with Crippen molar-refractivity contribution in [1.29, 1.82) is 0 Å². The molecule has 0 saturated carbocycles. The van der Waals surface area contributed by atoms with E-state index in [4.69, 9.17) is 0 Å². The van der Waals surface area contributed by atoms with E-state index in [0.717, 1.165) is 65.2 Å². The van der Waals surface area contributed by atoms with Crippen LogP contribution in [0.4, 0.5) is 0 Å². The highest BCUT2D eigenvalue weighted by molar-refractivity contribution is 6.07. The van der Waals surface area contributed by atoms with Gasteiger partial charge in [0, 0.05) is 36.3 Å². The number of hydrogen-bond donors (Lipinski definition) is 1. The minimum atomic E-state index is 0.117. The normalized spacial score (nSPS) is 15.6. The fraction of sp³-hybridized carbons (Fsp3) is 0.381. The van der Waals surface area contributed by atoms with Gasteiger partial charge in [-0.25, -0.2) is 4.98 Å². The van der Waals surface area contributed by atoms with Crippen molar-refractivity contribution in [2.24, 2.45) is 0 Å². The van der Waals surface area contributed by atoms with Gasteiger partial charge in [-0.2, -0.15) is 0 Å². The van der Waals surface area contributed by atoms with Crippen LogP contribution in [0.15, 0.2) is 30.5 Å². The van der Waals surface area contributed by atoms with Crippen LogP contribution < -0.4 is 0 Å². The third-order valence-electron chi connectivity index (χ3n) is 5.52. The molecule has 4 rings (SSSR count). The molecule has 3 heterocycles. The molecular weight excluding hydrogens is 324 g/mol. The molecule has 0 radical (unpaired) electrons. The zero-order valence-corrected chi connectivity index (χ0v) is 15.5. The van der Waals surface area contributed by atoms with Gasteiger partial charge in [0.25, 0.3) is 5.91 Å². The zero-order chi connectivity index (χ0) is 18.3. The van der Waals surface area contributed by atoms with E-state index in [0.29, 0.717) is 5.92 Å². The van der Waals surface area contributed by atoms with Gasteiger partial charge in [0.15, 0.2) is 0 Å². The second kappa shape index (κ2) is 6.56. The van der Waals surface area contributed by atoms with E-state index in [-0.39, 0.29) is 5.91 Å². The molecule has 0 aliphatic carbocycles. The van der Waals surface area contributed by atoms with Gasteiger partial charge in [-0.05, 0) is 51.3 Å². The van der Waals surface area contributed by atoms with Crippen LogP contribution >= 0.6 is 0 Å². The van der Waals surface area contributed by atoms with Crippen LogP contribution in [0.3, 0.4) is 0 Å². The number of benzene rings is 1. The molecule has 0 bridgehead atoms. The largest absolute Gasteiger partial charge is 0.346 e. The fourth-order valence-electron chi connectivity index (χ4n) is 3.83. The number of fused-ring (bicyclic) bond motifs is 1. The van der Waals surface area contributed by atoms with Crippen LogP contribution in [0.25, 0.3) is 10.9 Å². The molecular formula is C21H24N4O. The summed E-state index contributed by atoms with van der Waals surface area (Å²) in [5, 5.41) is 0.942. The Kier molecular flexibility index (Phi) is 4.23. The molecule has 1 aliphatic heterocycles. The Labute approximate surface area is 153 Å². The average Bonchev–Trinajstić information content (AvgIpc) is 3.00. The van der Waals surface area contributed by atoms with Crippen molar-refractivity contribution in [3.63, 3.8) is 0 Å². The SMILES string of the molecule is Cc1ccc2ncccc2c1C(=O)N1CCC(c2nc(C)c(C)[nH]2)CC1. The summed E-state index contributed by atoms with van der Waals surface area (Å²) in [6.07, 6.45) is 3.66. The lowest BCUT2D eigenvalue weighted by Gasteiger charge is -2.32. The number of imidazole rings is 1. The van der Waals surface area contributed by atoms with Crippen LogP contribution in [0.2, 0.25) is 0 Å². The Morgan fingerprint density at radius 1 is 1.15 bits per heavy atom. The lowest BCUT2D eigenvalue weighted by Crippen LogP contribution is -2.38. The van der Waals surface area contributed by atoms with Gasteiger partial charge in [0.05, 0.1) is 16.8 Å². The van der Waals surface area contributed by atoms with Gasteiger partial charge in [-0.3, -0.25) is 9.78 Å². The monoisotopic (exact) mass is 348 g/mol. The molecule has 1 saturated heterocycles. The third kappa shape index (κ3) is 2.87. The first-order chi connectivity index (χ1) is 12.5. The summed E-state index contributed by atoms with van der Waals surface area (Å²) in [5.41, 5.74) is 4.88. The Morgan fingerprint density at radius 3 is 2.62 bits per heavy atom. The summed E-state index contributed by atoms with van der Waals surface area (Å²) in [4.78, 5) is 27.6. The number of piperidine rings is 1. The van der Waals surface area contributed by atoms with Crippen molar-refractivity contribution in [3.8, 4) is 0 Å². The average molecular weight is 348 g/mol. The highest BCUT2D eigenvalue weighted by Crippen LogP contribution is 2.29. The smallest absolute Gasteiger partial charge is 0.254 e. The maximum atomic E-state index is 13.2. The number of aryl methyl sites for hydroxylation is 3. The van der Waals surface area contributed by atoms with Crippen molar-refractivity contribution in [2.45, 2.75) is 39.5 Å². The molecule has 0 unspecified atom stereocenters. The summed E-state index contributed by atoms with van der Waals surface area (Å²) < 4.78 is 0. The summed E-state index contributed by atoms with van der Waals surface area (Å²) in [6.45, 7) is 7.62. The maximum absolute atomic E-state index is 13.2. The van der Waals surface area contributed by atoms with Crippen LogP contribution in [-0.4, -0.2) is 38.8 Å². The Morgan fingerprint density at radius 2 is 1.92 bits per heavy atom. The number of likely N-dealkylation sites (tertiary alicyclic amines) is 1. The van der Waals surface area contributed by atoms with Gasteiger partial charge >= 0.3 is 0 Å². The van der Waals surface area contributed by atoms with E-state index in [1.165, 1.54) is 0 Å². The van der Waals surface area contributed by atoms with Crippen LogP contribution in [0.1, 0.15) is 51.9 Å². The van der Waals surface area contributed by atoms with E-state index < -0.39 is 0 Å². The second-order valence-corrected chi connectivity index (χ2v) is 7.23. The van der Waals surface area contributed by atoms with Crippen LogP contribution in [0.5, 0.6) is 0 Å². The van der Waals surface area contributed by atoms with Crippen molar-refractivity contribution >= 4 is 16.8 Å². The van der Waals surface area contributed by atoms with Crippen molar-refractivity contribution in [1.82, 2.24) is 19.9 Å². The first-order valence-corrected chi connectivity index (χ1v) is 9.21. The fourth-order valence-corrected chi connectivity index (χ4v) is 3.83. The first kappa shape index (κ1) is 16.8. The number of amides is 1. The number of aromatic nitrogens is 3. The number of carbonyl (C=O) groups excluding carboxylic acids is 1. The molecule has 0 spiro atoms. The Hall–Kier alpha value is -2.69. The second-order valence-electron chi connectivity index (χ2n) is 7.23. The zero-order valence-electron chi connectivity index (χ0n) is 15.5. The van der Waals surface area contributed by atoms with E-state index in [9.17, 15) is 4.79 Å². The topological polar surface area (TPSA) is 61.9 Å². The lowest BCUT2D eigenvalue weighted by molar-refractivity contribution is 0.0712. The summed E-state index contributed by atoms with van der Waals surface area (Å²) in [7, 11) is 0. The number of nitrogens with zero attached hydrogens (tertiary/aromatic N) is 3. The summed E-state index contributed by atoms with van der Waals surface area (Å²) in [5.74, 6) is 1.59. The summed E-state index contributed by atoms with van der Waals surface area (Å²) in [6, 6.07) is 7.86. The lowest BCUT2D eigenvalue weighted by atomic mass is 9.94. The minimum Gasteiger partial charge on any atom is -0.346 e. The minimum absolute atomic E-state index is 0.117. The molecule has 1 fully saturated rings. The van der Waals surface area contributed by atoms with E-state index >= 15 is 0 Å². The number of H-pyrrole nitrogens is 1. The predicted octanol–water partition coefficient (Wildman–Crippen LogP) is 3.90. The molecule has 0 atom stereocenters. The van der Waals surface area contributed by atoms with Crippen molar-refractivity contribution < 1.29 is 4.79 Å². The maximum Gasteiger partial charge on any atom is 0.254 e. The van der Waals surface area contributed by atoms with E-state index in [1.54, 1.807) is 6.20 Å². The van der Waals surface area contributed by atoms with Gasteiger partial charge in [0.2, 0.25) is 0 Å². The van der Waals surface area contributed by atoms with Gasteiger partial charge in [-0.1, -0.05) is 12.1 Å². The van der Waals surface area contributed by atoms with Gasteiger partial charge < -0.3 is 9.88 Å². The number of nitrogens with one attached hydrogen (secondary N) is 1. The number of hydrogen-bond acceptors (Lipinski definition) is 3. The quantitative estimate of drug-likeness (QED) is 0.764. The third-order valence-corrected chi connectivity index (χ3v) is 5.52. The number of carbonyl (C=O) groups is 1. The number of aromatic amines is 1. The Bertz CT molecular complexity index is 948. The summed E-state index contributed by atoms with van der Waals surface area (Å²) >= 11 is 0. The predicted molar refractivity (Wildman–Crippen MR) is 102 cm³/mol. The molecule has 26 heavy (non-hydrogen) atoms. The highest BCUT2D eigenvalue weighted by Gasteiger charge is 2.28. The molecule has 134 valence electrons. The van der Waals surface area contributed by atoms with Crippen molar-refractivity contribution in [2.75, 3.05) is 13.1 Å². The van der Waals surface area contributed by atoms with Crippen molar-refractivity contribution in [3.05, 3.63) is 58.8 Å². The molecule has 3 aromatic rings. The van der Waals surface area contributed by atoms with Crippen LogP contribution in [-0.2, 0) is 0 Å². The molecule has 2 aromatic heterocycles. The van der Waals surface area contributed by atoms with E-state index in [1.807, 2.05) is 43.0 Å². The molecule has 1 N–H and O–H groups in total. The van der Waals surface area contributed by atoms with Gasteiger partial charge in [0.1, 0.15) is 5.82 Å². The molecule has 5 heteroatoms. The molecule has 5 nitrogen and oxygen atoms in total. The standard InChI is InChI=1S/C21H24N4O/c1-13-6-7-18-17(5-4-10-22-18)19(13)21(26)25-11-8-16(9-12-25)20-23-14(2)15(3)24-20/h4-7,10,16H,8-9,11-12H2,1-3H3,(H,23,24). The van der Waals surface area contributed by atoms with Gasteiger partial charge in [-0.15, -0.1) is 0 Å². The Balaban J connectivity index is 1.55. The molecule has 1 amide bonds. The van der Waals surface area contributed by atoms with E-state index in [2.05, 4.69) is 21.9 Å². The van der Waals surface area contributed by atoms with Crippen LogP contribution in [0, 0.1) is 20.8 Å². The number of rotatable bonds is 2. The number of pyridine rings is 1. The highest BCUT2D eigenvalue weighted by atomic mass is 16.2. The molecule has 1 aliphatic rings. The molecule has 1 aromatic carbocycles.